The molecule has 1 saturated heterocycles. The van der Waals surface area contributed by atoms with Crippen molar-refractivity contribution in [2.75, 3.05) is 36.4 Å². The number of carbonyl (C=O) groups is 1. The number of amides is 2. The molecule has 0 bridgehead atoms. The molecule has 0 aliphatic carbocycles. The summed E-state index contributed by atoms with van der Waals surface area (Å²) < 4.78 is 0. The average Bonchev–Trinajstić information content (AvgIpc) is 2.70. The van der Waals surface area contributed by atoms with Crippen LogP contribution in [0.3, 0.4) is 0 Å². The van der Waals surface area contributed by atoms with Crippen LogP contribution in [-0.2, 0) is 0 Å². The summed E-state index contributed by atoms with van der Waals surface area (Å²) in [6, 6.07) is 13.2. The van der Waals surface area contributed by atoms with Gasteiger partial charge in [-0.3, -0.25) is 4.98 Å². The van der Waals surface area contributed by atoms with E-state index < -0.39 is 0 Å². The highest BCUT2D eigenvalue weighted by Gasteiger charge is 2.23. The third kappa shape index (κ3) is 3.66. The normalized spacial score (nSPS) is 14.4. The molecule has 4 rings (SSSR count). The van der Waals surface area contributed by atoms with E-state index in [1.165, 1.54) is 0 Å². The third-order valence-corrected chi connectivity index (χ3v) is 5.57. The maximum absolute atomic E-state index is 12.7. The van der Waals surface area contributed by atoms with Gasteiger partial charge in [-0.25, -0.2) is 4.79 Å². The second kappa shape index (κ2) is 7.62. The van der Waals surface area contributed by atoms with Crippen LogP contribution in [0.5, 0.6) is 0 Å². The highest BCUT2D eigenvalue weighted by molar-refractivity contribution is 6.43. The topological polar surface area (TPSA) is 48.5 Å². The Kier molecular flexibility index (Phi) is 5.05. The Morgan fingerprint density at radius 2 is 1.78 bits per heavy atom. The van der Waals surface area contributed by atoms with Crippen molar-refractivity contribution in [3.63, 3.8) is 0 Å². The van der Waals surface area contributed by atoms with Crippen LogP contribution in [0.4, 0.5) is 16.2 Å². The number of nitrogens with zero attached hydrogens (tertiary/aromatic N) is 3. The minimum Gasteiger partial charge on any atom is -0.367 e. The monoisotopic (exact) mass is 400 g/mol. The minimum atomic E-state index is -0.101. The van der Waals surface area contributed by atoms with Crippen molar-refractivity contribution in [2.24, 2.45) is 0 Å². The van der Waals surface area contributed by atoms with Crippen LogP contribution in [0.25, 0.3) is 10.8 Å². The summed E-state index contributed by atoms with van der Waals surface area (Å²) in [4.78, 5) is 20.8. The molecule has 1 aromatic heterocycles. The van der Waals surface area contributed by atoms with E-state index in [4.69, 9.17) is 23.2 Å². The van der Waals surface area contributed by atoms with E-state index in [2.05, 4.69) is 15.2 Å². The van der Waals surface area contributed by atoms with Crippen molar-refractivity contribution in [2.45, 2.75) is 0 Å². The number of hydrogen-bond acceptors (Lipinski definition) is 3. The van der Waals surface area contributed by atoms with E-state index in [0.29, 0.717) is 36.2 Å². The Hall–Kier alpha value is -2.50. The van der Waals surface area contributed by atoms with Crippen LogP contribution in [0.2, 0.25) is 10.0 Å². The van der Waals surface area contributed by atoms with Gasteiger partial charge in [0.05, 0.1) is 21.4 Å². The fourth-order valence-electron chi connectivity index (χ4n) is 3.31. The minimum absolute atomic E-state index is 0.101. The quantitative estimate of drug-likeness (QED) is 0.665. The Bertz CT molecular complexity index is 981. The van der Waals surface area contributed by atoms with E-state index in [0.717, 1.165) is 22.1 Å². The Morgan fingerprint density at radius 3 is 2.59 bits per heavy atom. The number of nitrogens with one attached hydrogen (secondary N) is 1. The SMILES string of the molecule is O=C(Nc1cccc2cnccc12)N1CCN(c2cccc(Cl)c2Cl)CC1. The van der Waals surface area contributed by atoms with Crippen LogP contribution >= 0.6 is 23.2 Å². The van der Waals surface area contributed by atoms with Crippen molar-refractivity contribution in [3.05, 3.63) is 64.9 Å². The molecule has 0 unspecified atom stereocenters. The van der Waals surface area contributed by atoms with Crippen molar-refractivity contribution in [3.8, 4) is 0 Å². The number of carbonyl (C=O) groups excluding carboxylic acids is 1. The van der Waals surface area contributed by atoms with Gasteiger partial charge in [-0.2, -0.15) is 0 Å². The Labute approximate surface area is 167 Å². The molecule has 3 aromatic rings. The van der Waals surface area contributed by atoms with Crippen LogP contribution in [0.15, 0.2) is 54.9 Å². The predicted octanol–water partition coefficient (Wildman–Crippen LogP) is 4.90. The highest BCUT2D eigenvalue weighted by Crippen LogP contribution is 2.33. The van der Waals surface area contributed by atoms with Crippen molar-refractivity contribution < 1.29 is 4.79 Å². The standard InChI is InChI=1S/C20H18Cl2N4O/c21-16-4-2-6-18(19(16)22)25-9-11-26(12-10-25)20(27)24-17-5-1-3-14-13-23-8-7-15(14)17/h1-8,13H,9-12H2,(H,24,27). The van der Waals surface area contributed by atoms with Crippen LogP contribution in [0.1, 0.15) is 0 Å². The van der Waals surface area contributed by atoms with Gasteiger partial charge in [0.15, 0.2) is 0 Å². The molecule has 1 N–H and O–H groups in total. The zero-order valence-electron chi connectivity index (χ0n) is 14.5. The number of halogens is 2. The predicted molar refractivity (Wildman–Crippen MR) is 111 cm³/mol. The molecule has 0 saturated carbocycles. The van der Waals surface area contributed by atoms with Gasteiger partial charge in [0, 0.05) is 49.3 Å². The number of aromatic nitrogens is 1. The van der Waals surface area contributed by atoms with Gasteiger partial charge in [-0.05, 0) is 24.3 Å². The van der Waals surface area contributed by atoms with E-state index >= 15 is 0 Å². The Balaban J connectivity index is 1.43. The number of fused-ring (bicyclic) bond motifs is 1. The lowest BCUT2D eigenvalue weighted by atomic mass is 10.1. The largest absolute Gasteiger partial charge is 0.367 e. The summed E-state index contributed by atoms with van der Waals surface area (Å²) >= 11 is 12.4. The maximum Gasteiger partial charge on any atom is 0.321 e. The smallest absolute Gasteiger partial charge is 0.321 e. The van der Waals surface area contributed by atoms with Gasteiger partial charge >= 0.3 is 6.03 Å². The lowest BCUT2D eigenvalue weighted by Gasteiger charge is -2.36. The molecular weight excluding hydrogens is 383 g/mol. The maximum atomic E-state index is 12.7. The van der Waals surface area contributed by atoms with E-state index in [-0.39, 0.29) is 6.03 Å². The molecule has 27 heavy (non-hydrogen) atoms. The number of pyridine rings is 1. The van der Waals surface area contributed by atoms with Crippen molar-refractivity contribution >= 4 is 51.4 Å². The molecule has 138 valence electrons. The number of hydrogen-bond donors (Lipinski definition) is 1. The summed E-state index contributed by atoms with van der Waals surface area (Å²) in [7, 11) is 0. The molecule has 2 aromatic carbocycles. The fourth-order valence-corrected chi connectivity index (χ4v) is 3.73. The summed E-state index contributed by atoms with van der Waals surface area (Å²) in [5, 5.41) is 6.09. The van der Waals surface area contributed by atoms with Gasteiger partial charge < -0.3 is 15.1 Å². The highest BCUT2D eigenvalue weighted by atomic mass is 35.5. The number of piperazine rings is 1. The molecule has 1 fully saturated rings. The fraction of sp³-hybridized carbons (Fsp3) is 0.200. The molecule has 0 spiro atoms. The summed E-state index contributed by atoms with van der Waals surface area (Å²) in [6.07, 6.45) is 3.52. The third-order valence-electron chi connectivity index (χ3n) is 4.76. The van der Waals surface area contributed by atoms with Gasteiger partial charge in [-0.1, -0.05) is 41.4 Å². The summed E-state index contributed by atoms with van der Waals surface area (Å²) in [6.45, 7) is 2.63. The zero-order valence-corrected chi connectivity index (χ0v) is 16.0. The first kappa shape index (κ1) is 17.9. The summed E-state index contributed by atoms with van der Waals surface area (Å²) in [5.74, 6) is 0. The van der Waals surface area contributed by atoms with Crippen LogP contribution < -0.4 is 10.2 Å². The average molecular weight is 401 g/mol. The van der Waals surface area contributed by atoms with Gasteiger partial charge in [0.2, 0.25) is 0 Å². The first-order valence-corrected chi connectivity index (χ1v) is 9.47. The number of urea groups is 1. The molecular formula is C20H18Cl2N4O. The lowest BCUT2D eigenvalue weighted by molar-refractivity contribution is 0.208. The van der Waals surface area contributed by atoms with E-state index in [1.807, 2.05) is 41.3 Å². The molecule has 7 heteroatoms. The van der Waals surface area contributed by atoms with Crippen molar-refractivity contribution in [1.29, 1.82) is 0 Å². The second-order valence-corrected chi connectivity index (χ2v) is 7.16. The Morgan fingerprint density at radius 1 is 1.00 bits per heavy atom. The van der Waals surface area contributed by atoms with Crippen LogP contribution in [0, 0.1) is 0 Å². The van der Waals surface area contributed by atoms with E-state index in [1.54, 1.807) is 18.5 Å². The zero-order chi connectivity index (χ0) is 18.8. The van der Waals surface area contributed by atoms with Crippen molar-refractivity contribution in [1.82, 2.24) is 9.88 Å². The molecule has 1 aliphatic heterocycles. The molecule has 0 radical (unpaired) electrons. The number of benzene rings is 2. The summed E-state index contributed by atoms with van der Waals surface area (Å²) in [5.41, 5.74) is 1.70. The molecule has 1 aliphatic rings. The second-order valence-electron chi connectivity index (χ2n) is 6.38. The first-order valence-electron chi connectivity index (χ1n) is 8.71. The van der Waals surface area contributed by atoms with E-state index in [9.17, 15) is 4.79 Å². The number of rotatable bonds is 2. The van der Waals surface area contributed by atoms with Gasteiger partial charge in [-0.15, -0.1) is 0 Å². The first-order chi connectivity index (χ1) is 13.1. The van der Waals surface area contributed by atoms with Crippen LogP contribution in [-0.4, -0.2) is 42.1 Å². The lowest BCUT2D eigenvalue weighted by Crippen LogP contribution is -2.50. The molecule has 0 atom stereocenters. The molecule has 2 heterocycles. The van der Waals surface area contributed by atoms with Gasteiger partial charge in [0.1, 0.15) is 0 Å². The molecule has 5 nitrogen and oxygen atoms in total. The number of anilines is 2. The van der Waals surface area contributed by atoms with Gasteiger partial charge in [0.25, 0.3) is 0 Å². The molecule has 2 amide bonds.